The largest absolute Gasteiger partial charge is 0.361 e. The lowest BCUT2D eigenvalue weighted by Gasteiger charge is -2.41. The van der Waals surface area contributed by atoms with E-state index in [0.29, 0.717) is 50.2 Å². The number of anilines is 1. The standard InChI is InChI=1S/C24H34ClN7O3/c1-4-17(5-2)21(27-24(35)26-19-8-6-18(25)7-9-19)23(34)29-10-12-31(13-11-29)32-16-30-15-28(3)14-20(30)22(32)33/h6-9,14,17,21H,4-5,10-13,15-16H2,1-3H3,(H2,26,27,35). The molecule has 3 heterocycles. The van der Waals surface area contributed by atoms with E-state index in [-0.39, 0.29) is 17.7 Å². The minimum Gasteiger partial charge on any atom is -0.361 e. The van der Waals surface area contributed by atoms with E-state index in [4.69, 9.17) is 11.6 Å². The van der Waals surface area contributed by atoms with Crippen LogP contribution in [0.5, 0.6) is 0 Å². The zero-order valence-corrected chi connectivity index (χ0v) is 21.3. The number of amides is 4. The van der Waals surface area contributed by atoms with Gasteiger partial charge in [-0.05, 0) is 30.2 Å². The van der Waals surface area contributed by atoms with Crippen molar-refractivity contribution in [2.45, 2.75) is 32.7 Å². The molecule has 0 saturated carbocycles. The number of benzene rings is 1. The number of nitrogens with zero attached hydrogens (tertiary/aromatic N) is 5. The van der Waals surface area contributed by atoms with Gasteiger partial charge in [0.15, 0.2) is 0 Å². The number of hydrazine groups is 1. The highest BCUT2D eigenvalue weighted by Gasteiger charge is 2.41. The van der Waals surface area contributed by atoms with Crippen LogP contribution in [0.1, 0.15) is 26.7 Å². The van der Waals surface area contributed by atoms with Crippen molar-refractivity contribution < 1.29 is 14.4 Å². The molecule has 190 valence electrons. The third-order valence-electron chi connectivity index (χ3n) is 6.92. The molecule has 2 fully saturated rings. The van der Waals surface area contributed by atoms with E-state index in [0.717, 1.165) is 18.5 Å². The van der Waals surface area contributed by atoms with Gasteiger partial charge in [0.05, 0.1) is 6.67 Å². The Morgan fingerprint density at radius 1 is 1.03 bits per heavy atom. The van der Waals surface area contributed by atoms with Crippen LogP contribution in [0.15, 0.2) is 36.2 Å². The molecule has 35 heavy (non-hydrogen) atoms. The number of hydrogen-bond acceptors (Lipinski definition) is 6. The predicted octanol–water partition coefficient (Wildman–Crippen LogP) is 2.17. The Morgan fingerprint density at radius 2 is 1.69 bits per heavy atom. The first kappa shape index (κ1) is 25.1. The van der Waals surface area contributed by atoms with E-state index in [1.54, 1.807) is 34.2 Å². The third kappa shape index (κ3) is 5.48. The van der Waals surface area contributed by atoms with Gasteiger partial charge in [-0.15, -0.1) is 0 Å². The summed E-state index contributed by atoms with van der Waals surface area (Å²) in [4.78, 5) is 44.9. The Balaban J connectivity index is 1.36. The van der Waals surface area contributed by atoms with Crippen molar-refractivity contribution in [3.05, 3.63) is 41.2 Å². The SMILES string of the molecule is CCC(CC)C(NC(=O)Nc1ccc(Cl)cc1)C(=O)N1CCN(N2CN3CN(C)C=C3C2=O)CC1. The Bertz CT molecular complexity index is 974. The van der Waals surface area contributed by atoms with Gasteiger partial charge in [0, 0.05) is 50.1 Å². The molecular formula is C24H34ClN7O3. The zero-order chi connectivity index (χ0) is 25.1. The lowest BCUT2D eigenvalue weighted by molar-refractivity contribution is -0.149. The van der Waals surface area contributed by atoms with Crippen molar-refractivity contribution in [1.29, 1.82) is 0 Å². The van der Waals surface area contributed by atoms with Gasteiger partial charge >= 0.3 is 6.03 Å². The van der Waals surface area contributed by atoms with Crippen molar-refractivity contribution in [3.8, 4) is 0 Å². The van der Waals surface area contributed by atoms with Crippen molar-refractivity contribution >= 4 is 35.1 Å². The van der Waals surface area contributed by atoms with E-state index in [1.165, 1.54) is 0 Å². The second-order valence-electron chi connectivity index (χ2n) is 9.24. The minimum absolute atomic E-state index is 0.00423. The van der Waals surface area contributed by atoms with Gasteiger partial charge in [0.2, 0.25) is 5.91 Å². The highest BCUT2D eigenvalue weighted by molar-refractivity contribution is 6.30. The summed E-state index contributed by atoms with van der Waals surface area (Å²) in [6.45, 7) is 7.44. The molecule has 1 atom stereocenters. The van der Waals surface area contributed by atoms with Gasteiger partial charge < -0.3 is 25.3 Å². The van der Waals surface area contributed by atoms with Crippen LogP contribution in [0.2, 0.25) is 5.02 Å². The molecule has 1 unspecified atom stereocenters. The first-order chi connectivity index (χ1) is 16.8. The molecular weight excluding hydrogens is 470 g/mol. The average Bonchev–Trinajstić information content (AvgIpc) is 3.37. The number of carbonyl (C=O) groups is 3. The molecule has 0 bridgehead atoms. The Labute approximate surface area is 211 Å². The summed E-state index contributed by atoms with van der Waals surface area (Å²) in [6, 6.07) is 5.79. The zero-order valence-electron chi connectivity index (χ0n) is 20.5. The number of nitrogens with one attached hydrogen (secondary N) is 2. The van der Waals surface area contributed by atoms with E-state index in [9.17, 15) is 14.4 Å². The summed E-state index contributed by atoms with van der Waals surface area (Å²) in [5, 5.41) is 10.1. The topological polar surface area (TPSA) is 91.5 Å². The van der Waals surface area contributed by atoms with Crippen LogP contribution in [0.25, 0.3) is 0 Å². The number of fused-ring (bicyclic) bond motifs is 1. The van der Waals surface area contributed by atoms with Crippen LogP contribution in [0, 0.1) is 5.92 Å². The van der Waals surface area contributed by atoms with Gasteiger partial charge in [0.25, 0.3) is 5.91 Å². The van der Waals surface area contributed by atoms with Crippen molar-refractivity contribution in [2.24, 2.45) is 5.92 Å². The summed E-state index contributed by atoms with van der Waals surface area (Å²) in [6.07, 6.45) is 3.43. The molecule has 4 amide bonds. The Kier molecular flexibility index (Phi) is 7.71. The maximum atomic E-state index is 13.5. The fourth-order valence-electron chi connectivity index (χ4n) is 4.90. The van der Waals surface area contributed by atoms with Crippen molar-refractivity contribution in [3.63, 3.8) is 0 Å². The van der Waals surface area contributed by atoms with E-state index in [1.807, 2.05) is 41.9 Å². The van der Waals surface area contributed by atoms with Gasteiger partial charge in [0.1, 0.15) is 18.4 Å². The molecule has 4 rings (SSSR count). The van der Waals surface area contributed by atoms with Crippen LogP contribution >= 0.6 is 11.6 Å². The molecule has 3 aliphatic heterocycles. The minimum atomic E-state index is -0.622. The van der Waals surface area contributed by atoms with E-state index < -0.39 is 12.1 Å². The normalized spacial score (nSPS) is 19.2. The molecule has 10 nitrogen and oxygen atoms in total. The number of urea groups is 1. The first-order valence-electron chi connectivity index (χ1n) is 12.2. The second-order valence-corrected chi connectivity index (χ2v) is 9.67. The number of halogens is 1. The summed E-state index contributed by atoms with van der Waals surface area (Å²) >= 11 is 5.92. The van der Waals surface area contributed by atoms with Gasteiger partial charge in [-0.25, -0.2) is 14.8 Å². The van der Waals surface area contributed by atoms with Crippen LogP contribution in [-0.2, 0) is 9.59 Å². The summed E-state index contributed by atoms with van der Waals surface area (Å²) in [5.41, 5.74) is 1.32. The fraction of sp³-hybridized carbons (Fsp3) is 0.542. The van der Waals surface area contributed by atoms with Crippen molar-refractivity contribution in [1.82, 2.24) is 30.0 Å². The summed E-state index contributed by atoms with van der Waals surface area (Å²) < 4.78 is 0. The summed E-state index contributed by atoms with van der Waals surface area (Å²) in [5.74, 6) is -0.0559. The molecule has 2 saturated heterocycles. The molecule has 0 spiro atoms. The monoisotopic (exact) mass is 503 g/mol. The number of hydrogen-bond donors (Lipinski definition) is 2. The molecule has 0 aromatic heterocycles. The molecule has 11 heteroatoms. The Hall–Kier alpha value is -2.98. The molecule has 1 aromatic carbocycles. The predicted molar refractivity (Wildman–Crippen MR) is 134 cm³/mol. The molecule has 2 N–H and O–H groups in total. The quantitative estimate of drug-likeness (QED) is 0.592. The van der Waals surface area contributed by atoms with E-state index in [2.05, 4.69) is 10.6 Å². The fourth-order valence-corrected chi connectivity index (χ4v) is 5.03. The van der Waals surface area contributed by atoms with Gasteiger partial charge in [-0.3, -0.25) is 9.59 Å². The van der Waals surface area contributed by atoms with Crippen LogP contribution in [-0.4, -0.2) is 95.2 Å². The highest BCUT2D eigenvalue weighted by atomic mass is 35.5. The third-order valence-corrected chi connectivity index (χ3v) is 7.17. The van der Waals surface area contributed by atoms with Crippen LogP contribution in [0.4, 0.5) is 10.5 Å². The van der Waals surface area contributed by atoms with Crippen LogP contribution < -0.4 is 10.6 Å². The summed E-state index contributed by atoms with van der Waals surface area (Å²) in [7, 11) is 1.95. The molecule has 3 aliphatic rings. The van der Waals surface area contributed by atoms with E-state index >= 15 is 0 Å². The van der Waals surface area contributed by atoms with Gasteiger partial charge in [-0.2, -0.15) is 0 Å². The van der Waals surface area contributed by atoms with Crippen molar-refractivity contribution in [2.75, 3.05) is 51.9 Å². The van der Waals surface area contributed by atoms with Crippen LogP contribution in [0.3, 0.4) is 0 Å². The number of rotatable bonds is 7. The molecule has 0 radical (unpaired) electrons. The average molecular weight is 504 g/mol. The highest BCUT2D eigenvalue weighted by Crippen LogP contribution is 2.26. The lowest BCUT2D eigenvalue weighted by Crippen LogP contribution is -2.60. The smallest absolute Gasteiger partial charge is 0.319 e. The second kappa shape index (κ2) is 10.7. The maximum Gasteiger partial charge on any atom is 0.319 e. The molecule has 1 aromatic rings. The number of carbonyl (C=O) groups excluding carboxylic acids is 3. The lowest BCUT2D eigenvalue weighted by atomic mass is 9.93. The Morgan fingerprint density at radius 3 is 2.29 bits per heavy atom. The maximum absolute atomic E-state index is 13.5. The van der Waals surface area contributed by atoms with Gasteiger partial charge in [-0.1, -0.05) is 38.3 Å². The number of piperazine rings is 1. The first-order valence-corrected chi connectivity index (χ1v) is 12.5. The molecule has 0 aliphatic carbocycles.